The van der Waals surface area contributed by atoms with Gasteiger partial charge in [-0.3, -0.25) is 15.0 Å². The average molecular weight is 281 g/mol. The minimum atomic E-state index is -0.291. The highest BCUT2D eigenvalue weighted by atomic mass is 32.1. The zero-order valence-corrected chi connectivity index (χ0v) is 11.8. The first kappa shape index (κ1) is 14.0. The Bertz CT molecular complexity index is 472. The van der Waals surface area contributed by atoms with Crippen molar-refractivity contribution in [1.82, 2.24) is 10.3 Å². The van der Waals surface area contributed by atoms with E-state index in [9.17, 15) is 9.59 Å². The summed E-state index contributed by atoms with van der Waals surface area (Å²) in [5.41, 5.74) is 3.01. The number of carbonyl (C=O) groups is 2. The maximum Gasteiger partial charge on any atom is 0.275 e. The molecule has 0 spiro atoms. The number of hydrogen-bond acceptors (Lipinski definition) is 4. The molecule has 1 saturated heterocycles. The molecular weight excluding hydrogens is 262 g/mol. The first-order valence-electron chi connectivity index (χ1n) is 6.47. The lowest BCUT2D eigenvalue weighted by molar-refractivity contribution is -0.131. The number of thiophene rings is 1. The maximum absolute atomic E-state index is 12.0. The SMILES string of the molecule is CC1CCC(=O)N(Cc2ccsc2C(=O)NN)CC1. The lowest BCUT2D eigenvalue weighted by atomic mass is 10.0. The van der Waals surface area contributed by atoms with Crippen molar-refractivity contribution >= 4 is 23.2 Å². The second kappa shape index (κ2) is 6.16. The molecule has 2 amide bonds. The molecule has 0 saturated carbocycles. The van der Waals surface area contributed by atoms with Gasteiger partial charge in [-0.25, -0.2) is 5.84 Å². The summed E-state index contributed by atoms with van der Waals surface area (Å²) < 4.78 is 0. The highest BCUT2D eigenvalue weighted by molar-refractivity contribution is 7.12. The van der Waals surface area contributed by atoms with E-state index in [0.29, 0.717) is 23.8 Å². The molecule has 1 aliphatic rings. The molecule has 0 bridgehead atoms. The van der Waals surface area contributed by atoms with E-state index < -0.39 is 0 Å². The van der Waals surface area contributed by atoms with Crippen LogP contribution in [-0.4, -0.2) is 23.3 Å². The van der Waals surface area contributed by atoms with Crippen LogP contribution in [0.2, 0.25) is 0 Å². The zero-order valence-electron chi connectivity index (χ0n) is 11.0. The van der Waals surface area contributed by atoms with Gasteiger partial charge in [-0.1, -0.05) is 6.92 Å². The van der Waals surface area contributed by atoms with Crippen LogP contribution in [0, 0.1) is 5.92 Å². The van der Waals surface area contributed by atoms with Crippen molar-refractivity contribution in [3.8, 4) is 0 Å². The fourth-order valence-corrected chi connectivity index (χ4v) is 3.09. The van der Waals surface area contributed by atoms with Crippen LogP contribution < -0.4 is 11.3 Å². The van der Waals surface area contributed by atoms with Gasteiger partial charge in [-0.15, -0.1) is 11.3 Å². The van der Waals surface area contributed by atoms with E-state index in [1.165, 1.54) is 11.3 Å². The third-order valence-corrected chi connectivity index (χ3v) is 4.50. The molecule has 6 heteroatoms. The Labute approximate surface area is 116 Å². The van der Waals surface area contributed by atoms with Crippen LogP contribution in [0.4, 0.5) is 0 Å². The number of rotatable bonds is 3. The molecule has 1 aromatic heterocycles. The van der Waals surface area contributed by atoms with E-state index in [1.54, 1.807) is 0 Å². The Kier molecular flexibility index (Phi) is 4.55. The Morgan fingerprint density at radius 2 is 2.37 bits per heavy atom. The van der Waals surface area contributed by atoms with Crippen LogP contribution in [-0.2, 0) is 11.3 Å². The topological polar surface area (TPSA) is 75.4 Å². The Morgan fingerprint density at radius 3 is 3.11 bits per heavy atom. The summed E-state index contributed by atoms with van der Waals surface area (Å²) >= 11 is 1.35. The quantitative estimate of drug-likeness (QED) is 0.501. The summed E-state index contributed by atoms with van der Waals surface area (Å²) in [4.78, 5) is 26.1. The molecule has 0 aromatic carbocycles. The predicted molar refractivity (Wildman–Crippen MR) is 74.4 cm³/mol. The lowest BCUT2D eigenvalue weighted by Gasteiger charge is -2.20. The first-order valence-corrected chi connectivity index (χ1v) is 7.35. The number of amides is 2. The summed E-state index contributed by atoms with van der Waals surface area (Å²) in [6.45, 7) is 3.44. The monoisotopic (exact) mass is 281 g/mol. The van der Waals surface area contributed by atoms with Gasteiger partial charge < -0.3 is 4.90 Å². The normalized spacial score (nSPS) is 20.2. The molecular formula is C13H19N3O2S. The van der Waals surface area contributed by atoms with E-state index in [-0.39, 0.29) is 11.8 Å². The fraction of sp³-hybridized carbons (Fsp3) is 0.538. The lowest BCUT2D eigenvalue weighted by Crippen LogP contribution is -2.32. The fourth-order valence-electron chi connectivity index (χ4n) is 2.27. The number of nitrogens with zero attached hydrogens (tertiary/aromatic N) is 1. The largest absolute Gasteiger partial charge is 0.338 e. The van der Waals surface area contributed by atoms with Gasteiger partial charge in [0.2, 0.25) is 5.91 Å². The van der Waals surface area contributed by atoms with Crippen LogP contribution in [0.15, 0.2) is 11.4 Å². The molecule has 1 atom stereocenters. The van der Waals surface area contributed by atoms with Gasteiger partial charge in [0.1, 0.15) is 0 Å². The van der Waals surface area contributed by atoms with E-state index in [2.05, 4.69) is 12.3 Å². The molecule has 2 rings (SSSR count). The van der Waals surface area contributed by atoms with Gasteiger partial charge in [0.15, 0.2) is 0 Å². The van der Waals surface area contributed by atoms with E-state index in [4.69, 9.17) is 5.84 Å². The van der Waals surface area contributed by atoms with Crippen molar-refractivity contribution in [2.75, 3.05) is 6.54 Å². The number of hydrogen-bond donors (Lipinski definition) is 2. The van der Waals surface area contributed by atoms with E-state index >= 15 is 0 Å². The van der Waals surface area contributed by atoms with Crippen LogP contribution in [0.3, 0.4) is 0 Å². The molecule has 3 N–H and O–H groups in total. The second-order valence-electron chi connectivity index (χ2n) is 5.00. The van der Waals surface area contributed by atoms with Crippen molar-refractivity contribution < 1.29 is 9.59 Å². The van der Waals surface area contributed by atoms with Crippen molar-refractivity contribution in [2.45, 2.75) is 32.7 Å². The van der Waals surface area contributed by atoms with Crippen molar-refractivity contribution in [3.05, 3.63) is 21.9 Å². The van der Waals surface area contributed by atoms with Crippen molar-refractivity contribution in [1.29, 1.82) is 0 Å². The molecule has 1 unspecified atom stereocenters. The van der Waals surface area contributed by atoms with Gasteiger partial charge in [-0.2, -0.15) is 0 Å². The summed E-state index contributed by atoms with van der Waals surface area (Å²) in [5.74, 6) is 5.63. The molecule has 0 aliphatic carbocycles. The van der Waals surface area contributed by atoms with Crippen molar-refractivity contribution in [3.63, 3.8) is 0 Å². The van der Waals surface area contributed by atoms with Gasteiger partial charge in [-0.05, 0) is 35.8 Å². The van der Waals surface area contributed by atoms with Gasteiger partial charge in [0, 0.05) is 19.5 Å². The first-order chi connectivity index (χ1) is 9.11. The highest BCUT2D eigenvalue weighted by Gasteiger charge is 2.22. The number of nitrogens with two attached hydrogens (primary N) is 1. The smallest absolute Gasteiger partial charge is 0.275 e. The van der Waals surface area contributed by atoms with E-state index in [1.807, 2.05) is 16.3 Å². The molecule has 5 nitrogen and oxygen atoms in total. The summed E-state index contributed by atoms with van der Waals surface area (Å²) in [6.07, 6.45) is 2.58. The second-order valence-corrected chi connectivity index (χ2v) is 5.91. The molecule has 1 fully saturated rings. The maximum atomic E-state index is 12.0. The van der Waals surface area contributed by atoms with Crippen LogP contribution >= 0.6 is 11.3 Å². The Balaban J connectivity index is 2.10. The number of carbonyl (C=O) groups excluding carboxylic acids is 2. The van der Waals surface area contributed by atoms with Crippen LogP contribution in [0.25, 0.3) is 0 Å². The molecule has 0 radical (unpaired) electrons. The third kappa shape index (κ3) is 3.33. The van der Waals surface area contributed by atoms with E-state index in [0.717, 1.165) is 24.9 Å². The molecule has 104 valence electrons. The van der Waals surface area contributed by atoms with Gasteiger partial charge >= 0.3 is 0 Å². The van der Waals surface area contributed by atoms with Gasteiger partial charge in [0.05, 0.1) is 4.88 Å². The molecule has 2 heterocycles. The standard InChI is InChI=1S/C13H19N3O2S/c1-9-2-3-11(17)16(6-4-9)8-10-5-7-19-12(10)13(18)15-14/h5,7,9H,2-4,6,8,14H2,1H3,(H,15,18). The van der Waals surface area contributed by atoms with Crippen LogP contribution in [0.5, 0.6) is 0 Å². The minimum absolute atomic E-state index is 0.176. The van der Waals surface area contributed by atoms with Crippen LogP contribution in [0.1, 0.15) is 41.4 Å². The minimum Gasteiger partial charge on any atom is -0.338 e. The predicted octanol–water partition coefficient (Wildman–Crippen LogP) is 1.50. The number of hydrazine groups is 1. The highest BCUT2D eigenvalue weighted by Crippen LogP contribution is 2.22. The number of nitrogens with one attached hydrogen (secondary N) is 1. The third-order valence-electron chi connectivity index (χ3n) is 3.54. The number of likely N-dealkylation sites (tertiary alicyclic amines) is 1. The number of nitrogen functional groups attached to an aromatic ring is 1. The summed E-state index contributed by atoms with van der Waals surface area (Å²) in [6, 6.07) is 1.89. The van der Waals surface area contributed by atoms with Crippen molar-refractivity contribution in [2.24, 2.45) is 11.8 Å². The summed E-state index contributed by atoms with van der Waals surface area (Å²) in [7, 11) is 0. The Hall–Kier alpha value is -1.40. The Morgan fingerprint density at radius 1 is 1.58 bits per heavy atom. The zero-order chi connectivity index (χ0) is 13.8. The van der Waals surface area contributed by atoms with Gasteiger partial charge in [0.25, 0.3) is 5.91 Å². The molecule has 19 heavy (non-hydrogen) atoms. The average Bonchev–Trinajstić information content (AvgIpc) is 2.81. The summed E-state index contributed by atoms with van der Waals surface area (Å²) in [5, 5.41) is 1.85. The molecule has 1 aromatic rings. The molecule has 1 aliphatic heterocycles.